The first-order valence-corrected chi connectivity index (χ1v) is 12.8. The molecule has 0 amide bonds. The minimum Gasteiger partial charge on any atom is -0.423 e. The van der Waals surface area contributed by atoms with Crippen LogP contribution in [0.3, 0.4) is 0 Å². The molecule has 1 heterocycles. The number of hydrogen-bond acceptors (Lipinski definition) is 8. The number of ether oxygens (including phenoxy) is 2. The predicted molar refractivity (Wildman–Crippen MR) is 123 cm³/mol. The lowest BCUT2D eigenvalue weighted by Crippen LogP contribution is -2.66. The van der Waals surface area contributed by atoms with Crippen LogP contribution in [0.15, 0.2) is 0 Å². The fourth-order valence-electron chi connectivity index (χ4n) is 4.05. The van der Waals surface area contributed by atoms with Crippen LogP contribution in [0.2, 0.25) is 0 Å². The van der Waals surface area contributed by atoms with Crippen molar-refractivity contribution in [2.24, 2.45) is 0 Å². The highest BCUT2D eigenvalue weighted by molar-refractivity contribution is 5.90. The zero-order chi connectivity index (χ0) is 24.6. The largest absolute Gasteiger partial charge is 0.423 e. The molecule has 0 spiro atoms. The van der Waals surface area contributed by atoms with Crippen molar-refractivity contribution < 1.29 is 39.2 Å². The van der Waals surface area contributed by atoms with Gasteiger partial charge in [-0.3, -0.25) is 14.4 Å². The van der Waals surface area contributed by atoms with Crippen molar-refractivity contribution >= 4 is 17.7 Å². The average molecular weight is 473 g/mol. The standard InChI is InChI=1S/C25H44O8/c1-2-3-4-5-6-7-8-9-10-11-12-13-14-15-16-17-21(27)25(31)24(30,20-26)32-22(28)18-19-23(29)33-25/h26,30-31H,2-20H2,1H3. The predicted octanol–water partition coefficient (Wildman–Crippen LogP) is 4.07. The number of rotatable bonds is 18. The van der Waals surface area contributed by atoms with E-state index in [-0.39, 0.29) is 12.8 Å². The van der Waals surface area contributed by atoms with Gasteiger partial charge in [0.2, 0.25) is 5.78 Å². The molecule has 192 valence electrons. The second kappa shape index (κ2) is 16.2. The Morgan fingerprint density at radius 3 is 1.55 bits per heavy atom. The summed E-state index contributed by atoms with van der Waals surface area (Å²) in [5.74, 6) is -9.18. The molecule has 1 saturated heterocycles. The van der Waals surface area contributed by atoms with Crippen LogP contribution < -0.4 is 0 Å². The molecule has 2 atom stereocenters. The van der Waals surface area contributed by atoms with Crippen molar-refractivity contribution in [3.8, 4) is 0 Å². The molecule has 1 aliphatic heterocycles. The number of carbonyl (C=O) groups is 3. The molecule has 0 radical (unpaired) electrons. The van der Waals surface area contributed by atoms with Crippen molar-refractivity contribution in [2.75, 3.05) is 6.61 Å². The molecule has 0 aromatic rings. The van der Waals surface area contributed by atoms with Crippen LogP contribution in [0.1, 0.15) is 122 Å². The number of unbranched alkanes of at least 4 members (excludes halogenated alkanes) is 14. The van der Waals surface area contributed by atoms with Crippen molar-refractivity contribution in [3.05, 3.63) is 0 Å². The summed E-state index contributed by atoms with van der Waals surface area (Å²) in [6.07, 6.45) is 16.5. The topological polar surface area (TPSA) is 130 Å². The summed E-state index contributed by atoms with van der Waals surface area (Å²) >= 11 is 0. The monoisotopic (exact) mass is 472 g/mol. The summed E-state index contributed by atoms with van der Waals surface area (Å²) in [5, 5.41) is 30.4. The average Bonchev–Trinajstić information content (AvgIpc) is 2.79. The molecule has 8 nitrogen and oxygen atoms in total. The third-order valence-electron chi connectivity index (χ3n) is 6.21. The Kier molecular flexibility index (Phi) is 14.5. The minimum atomic E-state index is -3.12. The normalized spacial score (nSPS) is 23.5. The molecule has 3 N–H and O–H groups in total. The maximum absolute atomic E-state index is 12.6. The minimum absolute atomic E-state index is 0.179. The molecule has 0 aromatic heterocycles. The molecule has 0 aromatic carbocycles. The molecule has 0 aliphatic carbocycles. The van der Waals surface area contributed by atoms with Gasteiger partial charge in [-0.25, -0.2) is 0 Å². The summed E-state index contributed by atoms with van der Waals surface area (Å²) < 4.78 is 9.41. The lowest BCUT2D eigenvalue weighted by atomic mass is 9.95. The number of Topliss-reactive ketones (excluding diaryl/α,β-unsaturated/α-hetero) is 1. The first-order chi connectivity index (χ1) is 15.8. The van der Waals surface area contributed by atoms with Gasteiger partial charge in [-0.1, -0.05) is 96.8 Å². The Balaban J connectivity index is 2.20. The third kappa shape index (κ3) is 10.5. The Morgan fingerprint density at radius 2 is 1.12 bits per heavy atom. The zero-order valence-corrected chi connectivity index (χ0v) is 20.3. The van der Waals surface area contributed by atoms with Gasteiger partial charge in [0.25, 0.3) is 0 Å². The van der Waals surface area contributed by atoms with Crippen LogP contribution >= 0.6 is 0 Å². The number of aliphatic hydroxyl groups is 3. The van der Waals surface area contributed by atoms with E-state index >= 15 is 0 Å². The van der Waals surface area contributed by atoms with E-state index in [2.05, 4.69) is 11.7 Å². The van der Waals surface area contributed by atoms with Crippen LogP contribution in [0.5, 0.6) is 0 Å². The summed E-state index contributed by atoms with van der Waals surface area (Å²) in [5.41, 5.74) is 0. The Bertz CT molecular complexity index is 593. The number of ketones is 1. The number of hydrogen-bond donors (Lipinski definition) is 3. The maximum atomic E-state index is 12.6. The molecular weight excluding hydrogens is 428 g/mol. The van der Waals surface area contributed by atoms with E-state index in [4.69, 9.17) is 4.74 Å². The second-order valence-electron chi connectivity index (χ2n) is 9.16. The van der Waals surface area contributed by atoms with Gasteiger partial charge in [0, 0.05) is 6.42 Å². The highest BCUT2D eigenvalue weighted by Gasteiger charge is 2.62. The lowest BCUT2D eigenvalue weighted by Gasteiger charge is -2.39. The number of cyclic esters (lactones) is 2. The van der Waals surface area contributed by atoms with E-state index in [0.717, 1.165) is 25.7 Å². The number of aliphatic hydroxyl groups excluding tert-OH is 1. The summed E-state index contributed by atoms with van der Waals surface area (Å²) in [7, 11) is 0. The Hall–Kier alpha value is -1.51. The Morgan fingerprint density at radius 1 is 0.727 bits per heavy atom. The summed E-state index contributed by atoms with van der Waals surface area (Å²) in [6, 6.07) is 0. The van der Waals surface area contributed by atoms with Crippen molar-refractivity contribution in [1.82, 2.24) is 0 Å². The quantitative estimate of drug-likeness (QED) is 0.201. The molecule has 33 heavy (non-hydrogen) atoms. The molecule has 1 aliphatic rings. The molecule has 1 rings (SSSR count). The Labute approximate surface area is 198 Å². The number of esters is 2. The van der Waals surface area contributed by atoms with Crippen molar-refractivity contribution in [3.63, 3.8) is 0 Å². The van der Waals surface area contributed by atoms with Gasteiger partial charge >= 0.3 is 23.5 Å². The summed E-state index contributed by atoms with van der Waals surface area (Å²) in [4.78, 5) is 36.0. The molecule has 0 saturated carbocycles. The smallest absolute Gasteiger partial charge is 0.339 e. The second-order valence-corrected chi connectivity index (χ2v) is 9.16. The highest BCUT2D eigenvalue weighted by atomic mass is 16.7. The van der Waals surface area contributed by atoms with Gasteiger partial charge in [0.15, 0.2) is 0 Å². The third-order valence-corrected chi connectivity index (χ3v) is 6.21. The van der Waals surface area contributed by atoms with E-state index in [1.807, 2.05) is 0 Å². The van der Waals surface area contributed by atoms with E-state index in [0.29, 0.717) is 6.42 Å². The van der Waals surface area contributed by atoms with Crippen molar-refractivity contribution in [2.45, 2.75) is 134 Å². The van der Waals surface area contributed by atoms with Gasteiger partial charge in [-0.2, -0.15) is 0 Å². The van der Waals surface area contributed by atoms with E-state index in [1.54, 1.807) is 0 Å². The maximum Gasteiger partial charge on any atom is 0.339 e. The van der Waals surface area contributed by atoms with Gasteiger partial charge in [0.1, 0.15) is 6.61 Å². The van der Waals surface area contributed by atoms with Gasteiger partial charge < -0.3 is 24.8 Å². The van der Waals surface area contributed by atoms with E-state index < -0.39 is 42.3 Å². The SMILES string of the molecule is CCCCCCCCCCCCCCCCCC(=O)C1(O)OC(=O)CCC(=O)OC1(O)CO. The first-order valence-electron chi connectivity index (χ1n) is 12.8. The van der Waals surface area contributed by atoms with Crippen LogP contribution in [-0.4, -0.2) is 51.2 Å². The van der Waals surface area contributed by atoms with E-state index in [9.17, 15) is 29.7 Å². The molecular formula is C25H44O8. The molecule has 1 fully saturated rings. The highest BCUT2D eigenvalue weighted by Crippen LogP contribution is 2.31. The van der Waals surface area contributed by atoms with E-state index in [1.165, 1.54) is 64.2 Å². The fourth-order valence-corrected chi connectivity index (χ4v) is 4.05. The van der Waals surface area contributed by atoms with Crippen LogP contribution in [0.4, 0.5) is 0 Å². The summed E-state index contributed by atoms with van der Waals surface area (Å²) in [6.45, 7) is 0.951. The van der Waals surface area contributed by atoms with Crippen LogP contribution in [0, 0.1) is 0 Å². The molecule has 0 bridgehead atoms. The molecule has 2 unspecified atom stereocenters. The number of carbonyl (C=O) groups excluding carboxylic acids is 3. The van der Waals surface area contributed by atoms with Crippen LogP contribution in [0.25, 0.3) is 0 Å². The van der Waals surface area contributed by atoms with Crippen LogP contribution in [-0.2, 0) is 23.9 Å². The lowest BCUT2D eigenvalue weighted by molar-refractivity contribution is -0.354. The van der Waals surface area contributed by atoms with Gasteiger partial charge in [-0.15, -0.1) is 0 Å². The zero-order valence-electron chi connectivity index (χ0n) is 20.3. The van der Waals surface area contributed by atoms with Crippen molar-refractivity contribution in [1.29, 1.82) is 0 Å². The first kappa shape index (κ1) is 29.5. The van der Waals surface area contributed by atoms with Gasteiger partial charge in [0.05, 0.1) is 12.8 Å². The fraction of sp³-hybridized carbons (Fsp3) is 0.880. The molecule has 8 heteroatoms. The van der Waals surface area contributed by atoms with Gasteiger partial charge in [-0.05, 0) is 6.42 Å².